The Morgan fingerprint density at radius 2 is 2.07 bits per heavy atom. The third-order valence-corrected chi connectivity index (χ3v) is 5.06. The number of hydrogen-bond donors (Lipinski definition) is 2. The highest BCUT2D eigenvalue weighted by Gasteiger charge is 2.27. The minimum absolute atomic E-state index is 0. The number of alkyl halides is 2. The fraction of sp³-hybridized carbons (Fsp3) is 0.524. The number of nitrogens with zero attached hydrogens (tertiary/aromatic N) is 3. The molecule has 2 N–H and O–H groups in total. The van der Waals surface area contributed by atoms with Crippen molar-refractivity contribution in [3.05, 3.63) is 53.6 Å². The summed E-state index contributed by atoms with van der Waals surface area (Å²) in [6, 6.07) is 8.46. The highest BCUT2D eigenvalue weighted by Crippen LogP contribution is 2.33. The molecule has 2 unspecified atom stereocenters. The molecule has 1 saturated heterocycles. The average Bonchev–Trinajstić information content (AvgIpc) is 3.20. The summed E-state index contributed by atoms with van der Waals surface area (Å²) < 4.78 is 32.9. The fourth-order valence-electron chi connectivity index (χ4n) is 3.54. The zero-order chi connectivity index (χ0) is 20.6. The van der Waals surface area contributed by atoms with Crippen LogP contribution in [0.5, 0.6) is 0 Å². The van der Waals surface area contributed by atoms with Crippen LogP contribution in [0, 0.1) is 12.8 Å². The van der Waals surface area contributed by atoms with E-state index < -0.39 is 6.55 Å². The van der Waals surface area contributed by atoms with Gasteiger partial charge in [0.1, 0.15) is 12.4 Å². The van der Waals surface area contributed by atoms with Crippen LogP contribution in [-0.2, 0) is 11.3 Å². The zero-order valence-corrected chi connectivity index (χ0v) is 19.7. The number of aromatic nitrogens is 2. The van der Waals surface area contributed by atoms with Crippen LogP contribution < -0.4 is 10.6 Å². The van der Waals surface area contributed by atoms with Gasteiger partial charge in [-0.1, -0.05) is 29.8 Å². The standard InChI is InChI=1S/C21H29F2N5O.HI/c1-3-24-21(27-14-18-25-10-11-28(18)20(22)23)26-13-17-5-4-12-29-19(17)16-8-6-15(2)7-9-16;/h6-11,17,19-20H,3-5,12-14H2,1-2H3,(H2,24,26,27);1H. The molecule has 0 aliphatic carbocycles. The SMILES string of the molecule is CCNC(=NCc1nccn1C(F)F)NCC1CCCOC1c1ccc(C)cc1.I. The first kappa shape index (κ1) is 24.5. The lowest BCUT2D eigenvalue weighted by atomic mass is 9.89. The van der Waals surface area contributed by atoms with Gasteiger partial charge in [-0.05, 0) is 32.3 Å². The lowest BCUT2D eigenvalue weighted by molar-refractivity contribution is -0.0265. The molecule has 1 aromatic carbocycles. The average molecular weight is 533 g/mol. The molecule has 0 saturated carbocycles. The van der Waals surface area contributed by atoms with Crippen LogP contribution in [0.1, 0.15) is 49.4 Å². The van der Waals surface area contributed by atoms with Gasteiger partial charge in [0.2, 0.25) is 0 Å². The predicted molar refractivity (Wildman–Crippen MR) is 124 cm³/mol. The monoisotopic (exact) mass is 533 g/mol. The summed E-state index contributed by atoms with van der Waals surface area (Å²) in [7, 11) is 0. The first-order chi connectivity index (χ1) is 14.1. The maximum atomic E-state index is 13.0. The zero-order valence-electron chi connectivity index (χ0n) is 17.4. The van der Waals surface area contributed by atoms with Crippen molar-refractivity contribution in [2.24, 2.45) is 10.9 Å². The Hall–Kier alpha value is -1.75. The number of halogens is 3. The van der Waals surface area contributed by atoms with E-state index in [4.69, 9.17) is 4.74 Å². The number of nitrogens with one attached hydrogen (secondary N) is 2. The van der Waals surface area contributed by atoms with Crippen LogP contribution in [0.2, 0.25) is 0 Å². The van der Waals surface area contributed by atoms with Crippen molar-refractivity contribution >= 4 is 29.9 Å². The van der Waals surface area contributed by atoms with Gasteiger partial charge < -0.3 is 15.4 Å². The predicted octanol–water partition coefficient (Wildman–Crippen LogP) is 4.43. The van der Waals surface area contributed by atoms with Gasteiger partial charge in [-0.2, -0.15) is 8.78 Å². The van der Waals surface area contributed by atoms with Gasteiger partial charge in [-0.3, -0.25) is 4.57 Å². The molecule has 2 aromatic rings. The van der Waals surface area contributed by atoms with Gasteiger partial charge >= 0.3 is 6.55 Å². The minimum atomic E-state index is -2.62. The number of aryl methyl sites for hydroxylation is 1. The molecule has 30 heavy (non-hydrogen) atoms. The Kier molecular flexibility index (Phi) is 9.96. The van der Waals surface area contributed by atoms with Crippen LogP contribution in [0.3, 0.4) is 0 Å². The largest absolute Gasteiger partial charge is 0.373 e. The van der Waals surface area contributed by atoms with E-state index in [0.29, 0.717) is 25.0 Å². The van der Waals surface area contributed by atoms with Gasteiger partial charge in [0.15, 0.2) is 5.96 Å². The van der Waals surface area contributed by atoms with Gasteiger partial charge in [-0.25, -0.2) is 9.98 Å². The molecule has 2 atom stereocenters. The lowest BCUT2D eigenvalue weighted by Crippen LogP contribution is -2.42. The smallest absolute Gasteiger partial charge is 0.319 e. The highest BCUT2D eigenvalue weighted by molar-refractivity contribution is 14.0. The molecule has 0 spiro atoms. The number of aliphatic imine (C=N–C) groups is 1. The topological polar surface area (TPSA) is 63.5 Å². The van der Waals surface area contributed by atoms with Crippen LogP contribution in [0.15, 0.2) is 41.7 Å². The summed E-state index contributed by atoms with van der Waals surface area (Å²) in [5.41, 5.74) is 2.41. The Bertz CT molecular complexity index is 797. The molecule has 0 amide bonds. The van der Waals surface area contributed by atoms with E-state index in [1.54, 1.807) is 0 Å². The van der Waals surface area contributed by atoms with Gasteiger partial charge in [-0.15, -0.1) is 24.0 Å². The fourth-order valence-corrected chi connectivity index (χ4v) is 3.54. The second-order valence-electron chi connectivity index (χ2n) is 7.21. The Balaban J connectivity index is 0.00000320. The number of guanidine groups is 1. The second kappa shape index (κ2) is 12.2. The number of benzene rings is 1. The molecule has 1 aromatic heterocycles. The molecule has 1 aliphatic rings. The van der Waals surface area contributed by atoms with Gasteiger partial charge in [0.05, 0.1) is 6.10 Å². The highest BCUT2D eigenvalue weighted by atomic mass is 127. The maximum Gasteiger partial charge on any atom is 0.319 e. The summed E-state index contributed by atoms with van der Waals surface area (Å²) in [4.78, 5) is 8.41. The third-order valence-electron chi connectivity index (χ3n) is 5.06. The normalized spacial score (nSPS) is 19.4. The Labute approximate surface area is 193 Å². The van der Waals surface area contributed by atoms with E-state index in [1.807, 2.05) is 6.92 Å². The molecule has 0 bridgehead atoms. The molecule has 3 rings (SSSR count). The Morgan fingerprint density at radius 3 is 2.77 bits per heavy atom. The first-order valence-corrected chi connectivity index (χ1v) is 10.1. The molecule has 6 nitrogen and oxygen atoms in total. The second-order valence-corrected chi connectivity index (χ2v) is 7.21. The van der Waals surface area contributed by atoms with Crippen LogP contribution >= 0.6 is 24.0 Å². The quantitative estimate of drug-likeness (QED) is 0.314. The van der Waals surface area contributed by atoms with Crippen LogP contribution in [0.25, 0.3) is 0 Å². The van der Waals surface area contributed by atoms with E-state index in [9.17, 15) is 8.78 Å². The lowest BCUT2D eigenvalue weighted by Gasteiger charge is -2.32. The van der Waals surface area contributed by atoms with Crippen molar-refractivity contribution in [1.29, 1.82) is 0 Å². The summed E-state index contributed by atoms with van der Waals surface area (Å²) in [5, 5.41) is 6.52. The molecule has 166 valence electrons. The van der Waals surface area contributed by atoms with Crippen molar-refractivity contribution < 1.29 is 13.5 Å². The van der Waals surface area contributed by atoms with E-state index in [0.717, 1.165) is 24.0 Å². The van der Waals surface area contributed by atoms with E-state index >= 15 is 0 Å². The van der Waals surface area contributed by atoms with Crippen LogP contribution in [-0.4, -0.2) is 35.2 Å². The summed E-state index contributed by atoms with van der Waals surface area (Å²) >= 11 is 0. The molecular weight excluding hydrogens is 503 g/mol. The molecule has 1 aliphatic heterocycles. The summed E-state index contributed by atoms with van der Waals surface area (Å²) in [6.07, 6.45) is 4.75. The van der Waals surface area contributed by atoms with Gasteiger partial charge in [0, 0.05) is 38.0 Å². The van der Waals surface area contributed by atoms with Crippen molar-refractivity contribution in [2.75, 3.05) is 19.7 Å². The summed E-state index contributed by atoms with van der Waals surface area (Å²) in [6.45, 7) is 3.63. The van der Waals surface area contributed by atoms with Crippen molar-refractivity contribution in [3.8, 4) is 0 Å². The van der Waals surface area contributed by atoms with E-state index in [2.05, 4.69) is 51.8 Å². The van der Waals surface area contributed by atoms with E-state index in [1.165, 1.54) is 23.5 Å². The van der Waals surface area contributed by atoms with Crippen molar-refractivity contribution in [3.63, 3.8) is 0 Å². The number of rotatable bonds is 7. The number of ether oxygens (including phenoxy) is 1. The van der Waals surface area contributed by atoms with Crippen molar-refractivity contribution in [1.82, 2.24) is 20.2 Å². The third kappa shape index (κ3) is 6.63. The number of hydrogen-bond acceptors (Lipinski definition) is 3. The Morgan fingerprint density at radius 1 is 1.30 bits per heavy atom. The minimum Gasteiger partial charge on any atom is -0.373 e. The molecular formula is C21H30F2IN5O. The molecule has 0 radical (unpaired) electrons. The maximum absolute atomic E-state index is 13.0. The van der Waals surface area contributed by atoms with Gasteiger partial charge in [0.25, 0.3) is 0 Å². The van der Waals surface area contributed by atoms with Crippen molar-refractivity contribution in [2.45, 2.75) is 45.9 Å². The summed E-state index contributed by atoms with van der Waals surface area (Å²) in [5.74, 6) is 1.12. The first-order valence-electron chi connectivity index (χ1n) is 10.1. The van der Waals surface area contributed by atoms with E-state index in [-0.39, 0.29) is 42.4 Å². The van der Waals surface area contributed by atoms with Crippen LogP contribution in [0.4, 0.5) is 8.78 Å². The molecule has 2 heterocycles. The molecule has 9 heteroatoms. The molecule has 1 fully saturated rings. The number of imidazole rings is 1.